The van der Waals surface area contributed by atoms with Crippen molar-refractivity contribution in [3.05, 3.63) is 17.5 Å². The molecule has 1 atom stereocenters. The lowest BCUT2D eigenvalue weighted by atomic mass is 9.76. The number of likely N-dealkylation sites (tertiary alicyclic amines) is 2. The molecule has 0 bridgehead atoms. The van der Waals surface area contributed by atoms with Gasteiger partial charge in [-0.1, -0.05) is 12.1 Å². The van der Waals surface area contributed by atoms with Crippen LogP contribution in [0.1, 0.15) is 48.9 Å². The average molecular weight is 335 g/mol. The van der Waals surface area contributed by atoms with E-state index in [-0.39, 0.29) is 23.1 Å². The van der Waals surface area contributed by atoms with E-state index in [0.29, 0.717) is 25.2 Å². The molecule has 2 fully saturated rings. The lowest BCUT2D eigenvalue weighted by Gasteiger charge is -2.39. The van der Waals surface area contributed by atoms with E-state index in [4.69, 9.17) is 4.52 Å². The highest BCUT2D eigenvalue weighted by Gasteiger charge is 2.48. The summed E-state index contributed by atoms with van der Waals surface area (Å²) in [5.41, 5.74) is 0.717. The number of carboxylic acid groups (broad SMARTS) is 1. The lowest BCUT2D eigenvalue weighted by Crippen LogP contribution is -2.44. The standard InChI is InChI=1S/C17H25N3O4/c1-3-6-20-11-17(10-13(20)16(22)23)4-7-19(8-5-17)15(21)14-9-12(2)18-24-14/h9,13H,3-8,10-11H2,1-2H3,(H,22,23)/t13-/m0/s1. The van der Waals surface area contributed by atoms with E-state index in [0.717, 1.165) is 32.4 Å². The van der Waals surface area contributed by atoms with Crippen LogP contribution in [0.25, 0.3) is 0 Å². The van der Waals surface area contributed by atoms with Crippen LogP contribution >= 0.6 is 0 Å². The number of carbonyl (C=O) groups is 2. The smallest absolute Gasteiger partial charge is 0.320 e. The van der Waals surface area contributed by atoms with E-state index in [1.54, 1.807) is 17.9 Å². The third-order valence-electron chi connectivity index (χ3n) is 5.35. The zero-order valence-corrected chi connectivity index (χ0v) is 14.3. The first-order valence-electron chi connectivity index (χ1n) is 8.63. The number of hydrogen-bond donors (Lipinski definition) is 1. The molecule has 3 rings (SSSR count). The van der Waals surface area contributed by atoms with Gasteiger partial charge in [0.1, 0.15) is 6.04 Å². The molecule has 132 valence electrons. The number of aryl methyl sites for hydroxylation is 1. The van der Waals surface area contributed by atoms with Crippen molar-refractivity contribution in [2.75, 3.05) is 26.2 Å². The molecule has 0 saturated carbocycles. The summed E-state index contributed by atoms with van der Waals surface area (Å²) in [6.07, 6.45) is 3.33. The molecule has 3 heterocycles. The minimum Gasteiger partial charge on any atom is -0.480 e. The number of piperidine rings is 1. The zero-order valence-electron chi connectivity index (χ0n) is 14.3. The SMILES string of the molecule is CCCN1CC2(CCN(C(=O)c3cc(C)no3)CC2)C[C@H]1C(=O)O. The minimum atomic E-state index is -0.726. The number of hydrogen-bond acceptors (Lipinski definition) is 5. The number of rotatable bonds is 4. The van der Waals surface area contributed by atoms with Gasteiger partial charge in [-0.25, -0.2) is 0 Å². The maximum absolute atomic E-state index is 12.4. The maximum atomic E-state index is 12.4. The van der Waals surface area contributed by atoms with Gasteiger partial charge in [-0.15, -0.1) is 0 Å². The van der Waals surface area contributed by atoms with Crippen LogP contribution in [0.4, 0.5) is 0 Å². The van der Waals surface area contributed by atoms with Crippen molar-refractivity contribution in [2.45, 2.75) is 45.6 Å². The van der Waals surface area contributed by atoms with Gasteiger partial charge in [0.05, 0.1) is 5.69 Å². The fourth-order valence-electron chi connectivity index (χ4n) is 4.08. The van der Waals surface area contributed by atoms with Crippen molar-refractivity contribution >= 4 is 11.9 Å². The Kier molecular flexibility index (Phi) is 4.62. The molecule has 24 heavy (non-hydrogen) atoms. The fraction of sp³-hybridized carbons (Fsp3) is 0.706. The van der Waals surface area contributed by atoms with Crippen molar-refractivity contribution in [1.29, 1.82) is 0 Å². The van der Waals surface area contributed by atoms with Gasteiger partial charge in [0.25, 0.3) is 5.91 Å². The predicted molar refractivity (Wildman–Crippen MR) is 86.7 cm³/mol. The number of carbonyl (C=O) groups excluding carboxylic acids is 1. The molecule has 7 heteroatoms. The monoisotopic (exact) mass is 335 g/mol. The van der Waals surface area contributed by atoms with Crippen LogP contribution in [0, 0.1) is 12.3 Å². The first-order valence-corrected chi connectivity index (χ1v) is 8.63. The maximum Gasteiger partial charge on any atom is 0.320 e. The number of nitrogens with zero attached hydrogens (tertiary/aromatic N) is 3. The summed E-state index contributed by atoms with van der Waals surface area (Å²) in [7, 11) is 0. The van der Waals surface area contributed by atoms with Crippen LogP contribution in [0.5, 0.6) is 0 Å². The highest BCUT2D eigenvalue weighted by atomic mass is 16.5. The number of aliphatic carboxylic acids is 1. The van der Waals surface area contributed by atoms with Crippen LogP contribution in [-0.2, 0) is 4.79 Å². The Morgan fingerprint density at radius 3 is 2.67 bits per heavy atom. The summed E-state index contributed by atoms with van der Waals surface area (Å²) in [6, 6.07) is 1.27. The molecule has 1 aromatic rings. The largest absolute Gasteiger partial charge is 0.480 e. The molecule has 2 aliphatic rings. The number of carboxylic acids is 1. The Morgan fingerprint density at radius 2 is 2.12 bits per heavy atom. The van der Waals surface area contributed by atoms with Gasteiger partial charge >= 0.3 is 5.97 Å². The van der Waals surface area contributed by atoms with Crippen LogP contribution in [0.3, 0.4) is 0 Å². The van der Waals surface area contributed by atoms with Crippen molar-refractivity contribution in [3.8, 4) is 0 Å². The zero-order chi connectivity index (χ0) is 17.3. The lowest BCUT2D eigenvalue weighted by molar-refractivity contribution is -0.142. The first-order chi connectivity index (χ1) is 11.4. The molecular weight excluding hydrogens is 310 g/mol. The van der Waals surface area contributed by atoms with Gasteiger partial charge in [0, 0.05) is 25.7 Å². The Labute approximate surface area is 141 Å². The number of amides is 1. The molecule has 0 aromatic carbocycles. The molecule has 7 nitrogen and oxygen atoms in total. The molecule has 1 N–H and O–H groups in total. The van der Waals surface area contributed by atoms with E-state index in [9.17, 15) is 14.7 Å². The van der Waals surface area contributed by atoms with Crippen LogP contribution < -0.4 is 0 Å². The van der Waals surface area contributed by atoms with E-state index < -0.39 is 5.97 Å². The van der Waals surface area contributed by atoms with Crippen LogP contribution in [0.2, 0.25) is 0 Å². The second-order valence-electron chi connectivity index (χ2n) is 7.15. The Morgan fingerprint density at radius 1 is 1.42 bits per heavy atom. The van der Waals surface area contributed by atoms with Gasteiger partial charge in [0.15, 0.2) is 0 Å². The third kappa shape index (κ3) is 3.17. The molecular formula is C17H25N3O4. The van der Waals surface area contributed by atoms with Gasteiger partial charge in [-0.2, -0.15) is 0 Å². The number of aromatic nitrogens is 1. The molecule has 2 aliphatic heterocycles. The third-order valence-corrected chi connectivity index (χ3v) is 5.35. The van der Waals surface area contributed by atoms with Gasteiger partial charge in [-0.3, -0.25) is 14.5 Å². The summed E-state index contributed by atoms with van der Waals surface area (Å²) in [6.45, 7) is 6.79. The van der Waals surface area contributed by atoms with E-state index in [1.807, 2.05) is 0 Å². The molecule has 1 spiro atoms. The van der Waals surface area contributed by atoms with E-state index in [1.165, 1.54) is 0 Å². The highest BCUT2D eigenvalue weighted by molar-refractivity contribution is 5.91. The van der Waals surface area contributed by atoms with Gasteiger partial charge in [-0.05, 0) is 44.6 Å². The fourth-order valence-corrected chi connectivity index (χ4v) is 4.08. The molecule has 2 saturated heterocycles. The molecule has 1 amide bonds. The Bertz CT molecular complexity index is 619. The summed E-state index contributed by atoms with van der Waals surface area (Å²) >= 11 is 0. The van der Waals surface area contributed by atoms with Gasteiger partial charge < -0.3 is 14.5 Å². The minimum absolute atomic E-state index is 0.0202. The Balaban J connectivity index is 1.64. The van der Waals surface area contributed by atoms with Crippen molar-refractivity contribution in [3.63, 3.8) is 0 Å². The van der Waals surface area contributed by atoms with E-state index >= 15 is 0 Å². The molecule has 1 aromatic heterocycles. The average Bonchev–Trinajstić information content (AvgIpc) is 3.13. The van der Waals surface area contributed by atoms with E-state index in [2.05, 4.69) is 17.0 Å². The summed E-state index contributed by atoms with van der Waals surface area (Å²) in [4.78, 5) is 27.9. The molecule has 0 aliphatic carbocycles. The highest BCUT2D eigenvalue weighted by Crippen LogP contribution is 2.43. The first kappa shape index (κ1) is 17.0. The van der Waals surface area contributed by atoms with Crippen molar-refractivity contribution in [2.24, 2.45) is 5.41 Å². The van der Waals surface area contributed by atoms with Crippen molar-refractivity contribution < 1.29 is 19.2 Å². The quantitative estimate of drug-likeness (QED) is 0.902. The van der Waals surface area contributed by atoms with Crippen LogP contribution in [0.15, 0.2) is 10.6 Å². The molecule has 0 radical (unpaired) electrons. The molecule has 0 unspecified atom stereocenters. The second-order valence-corrected chi connectivity index (χ2v) is 7.15. The summed E-state index contributed by atoms with van der Waals surface area (Å²) < 4.78 is 5.07. The summed E-state index contributed by atoms with van der Waals surface area (Å²) in [5, 5.41) is 13.3. The van der Waals surface area contributed by atoms with Crippen LogP contribution in [-0.4, -0.2) is 64.2 Å². The normalized spacial score (nSPS) is 23.8. The Hall–Kier alpha value is -1.89. The second kappa shape index (κ2) is 6.55. The van der Waals surface area contributed by atoms with Crippen molar-refractivity contribution in [1.82, 2.24) is 15.0 Å². The predicted octanol–water partition coefficient (Wildman–Crippen LogP) is 1.77. The summed E-state index contributed by atoms with van der Waals surface area (Å²) in [5.74, 6) is -0.564. The topological polar surface area (TPSA) is 86.9 Å². The van der Waals surface area contributed by atoms with Gasteiger partial charge in [0.2, 0.25) is 5.76 Å².